The van der Waals surface area contributed by atoms with Gasteiger partial charge in [-0.25, -0.2) is 0 Å². The van der Waals surface area contributed by atoms with E-state index in [2.05, 4.69) is 10.6 Å². The first-order chi connectivity index (χ1) is 13.1. The fourth-order valence-electron chi connectivity index (χ4n) is 3.42. The van der Waals surface area contributed by atoms with Crippen molar-refractivity contribution in [1.29, 1.82) is 0 Å². The van der Waals surface area contributed by atoms with E-state index in [9.17, 15) is 14.4 Å². The first-order valence-electron chi connectivity index (χ1n) is 9.40. The summed E-state index contributed by atoms with van der Waals surface area (Å²) in [5.41, 5.74) is 1.31. The van der Waals surface area contributed by atoms with E-state index in [0.717, 1.165) is 19.3 Å². The zero-order chi connectivity index (χ0) is 19.1. The van der Waals surface area contributed by atoms with Gasteiger partial charge in [0.25, 0.3) is 0 Å². The summed E-state index contributed by atoms with van der Waals surface area (Å²) < 4.78 is 0. The average Bonchev–Trinajstić information content (AvgIpc) is 2.66. The van der Waals surface area contributed by atoms with Crippen molar-refractivity contribution in [2.75, 3.05) is 10.6 Å². The Labute approximate surface area is 159 Å². The van der Waals surface area contributed by atoms with E-state index in [4.69, 9.17) is 0 Å². The number of ketones is 1. The van der Waals surface area contributed by atoms with Gasteiger partial charge in [-0.2, -0.15) is 0 Å². The van der Waals surface area contributed by atoms with Crippen molar-refractivity contribution in [3.05, 3.63) is 60.7 Å². The summed E-state index contributed by atoms with van der Waals surface area (Å²) in [6.45, 7) is 0. The summed E-state index contributed by atoms with van der Waals surface area (Å²) in [4.78, 5) is 38.5. The van der Waals surface area contributed by atoms with Gasteiger partial charge in [0.05, 0.1) is 11.8 Å². The maximum atomic E-state index is 13.0. The molecule has 27 heavy (non-hydrogen) atoms. The zero-order valence-corrected chi connectivity index (χ0v) is 15.2. The number of nitrogens with one attached hydrogen (secondary N) is 2. The predicted molar refractivity (Wildman–Crippen MR) is 105 cm³/mol. The van der Waals surface area contributed by atoms with E-state index < -0.39 is 11.8 Å². The number of hydrogen-bond acceptors (Lipinski definition) is 3. The Morgan fingerprint density at radius 3 is 1.48 bits per heavy atom. The largest absolute Gasteiger partial charge is 0.325 e. The Bertz CT molecular complexity index is 724. The standard InChI is InChI=1S/C22H24N2O3/c25-20-18(21(26)23-16-10-4-1-5-11-16)14-8-3-9-15-19(20)22(27)24-17-12-6-2-7-13-17/h1-2,4-7,10-13,18-19H,3,8-9,14-15H2,(H,23,26)(H,24,27)/t18-,19+. The summed E-state index contributed by atoms with van der Waals surface area (Å²) in [7, 11) is 0. The van der Waals surface area contributed by atoms with Crippen molar-refractivity contribution in [3.63, 3.8) is 0 Å². The van der Waals surface area contributed by atoms with Gasteiger partial charge >= 0.3 is 0 Å². The number of hydrogen-bond donors (Lipinski definition) is 2. The Hall–Kier alpha value is -2.95. The van der Waals surface area contributed by atoms with E-state index in [-0.39, 0.29) is 17.6 Å². The molecule has 5 nitrogen and oxygen atoms in total. The van der Waals surface area contributed by atoms with Crippen LogP contribution in [0, 0.1) is 11.8 Å². The first kappa shape index (κ1) is 18.8. The van der Waals surface area contributed by atoms with Crippen molar-refractivity contribution in [2.24, 2.45) is 11.8 Å². The minimum atomic E-state index is -0.794. The Kier molecular flexibility index (Phi) is 6.36. The number of carbonyl (C=O) groups is 3. The lowest BCUT2D eigenvalue weighted by atomic mass is 9.82. The van der Waals surface area contributed by atoms with Gasteiger partial charge in [0.2, 0.25) is 11.8 Å². The van der Waals surface area contributed by atoms with Crippen LogP contribution < -0.4 is 10.6 Å². The Morgan fingerprint density at radius 2 is 1.07 bits per heavy atom. The van der Waals surface area contributed by atoms with Crippen LogP contribution in [-0.4, -0.2) is 17.6 Å². The predicted octanol–water partition coefficient (Wildman–Crippen LogP) is 4.03. The number of benzene rings is 2. The van der Waals surface area contributed by atoms with E-state index >= 15 is 0 Å². The molecule has 2 atom stereocenters. The van der Waals surface area contributed by atoms with Crippen LogP contribution in [0.3, 0.4) is 0 Å². The number of amides is 2. The zero-order valence-electron chi connectivity index (χ0n) is 15.2. The smallest absolute Gasteiger partial charge is 0.234 e. The van der Waals surface area contributed by atoms with Crippen molar-refractivity contribution in [2.45, 2.75) is 32.1 Å². The molecule has 0 aromatic heterocycles. The maximum Gasteiger partial charge on any atom is 0.234 e. The molecule has 1 fully saturated rings. The molecule has 0 bridgehead atoms. The van der Waals surface area contributed by atoms with Crippen molar-refractivity contribution < 1.29 is 14.4 Å². The molecule has 2 N–H and O–H groups in total. The average molecular weight is 364 g/mol. The number of anilines is 2. The molecular formula is C22H24N2O3. The van der Waals surface area contributed by atoms with Gasteiger partial charge in [0, 0.05) is 11.4 Å². The summed E-state index contributed by atoms with van der Waals surface area (Å²) in [5, 5.41) is 5.62. The van der Waals surface area contributed by atoms with Crippen LogP contribution in [0.5, 0.6) is 0 Å². The molecule has 2 aromatic carbocycles. The van der Waals surface area contributed by atoms with Crippen molar-refractivity contribution >= 4 is 29.0 Å². The van der Waals surface area contributed by atoms with Gasteiger partial charge in [0.1, 0.15) is 0 Å². The fourth-order valence-corrected chi connectivity index (χ4v) is 3.42. The van der Waals surface area contributed by atoms with Crippen molar-refractivity contribution in [1.82, 2.24) is 0 Å². The lowest BCUT2D eigenvalue weighted by Crippen LogP contribution is -2.40. The summed E-state index contributed by atoms with van der Waals surface area (Å²) in [6.07, 6.45) is 3.49. The molecule has 2 amide bonds. The quantitative estimate of drug-likeness (QED) is 0.804. The third-order valence-electron chi connectivity index (χ3n) is 4.89. The topological polar surface area (TPSA) is 75.3 Å². The van der Waals surface area contributed by atoms with Crippen LogP contribution in [0.15, 0.2) is 60.7 Å². The number of Topliss-reactive ketones (excluding diaryl/α,β-unsaturated/α-hetero) is 1. The van der Waals surface area contributed by atoms with Crippen LogP contribution in [-0.2, 0) is 14.4 Å². The van der Waals surface area contributed by atoms with Gasteiger partial charge in [0.15, 0.2) is 5.78 Å². The number of para-hydroxylation sites is 2. The minimum Gasteiger partial charge on any atom is -0.325 e. The summed E-state index contributed by atoms with van der Waals surface area (Å²) >= 11 is 0. The molecule has 1 aliphatic carbocycles. The lowest BCUT2D eigenvalue weighted by molar-refractivity contribution is -0.138. The number of rotatable bonds is 4. The number of carbonyl (C=O) groups excluding carboxylic acids is 3. The molecule has 0 heterocycles. The molecule has 5 heteroatoms. The van der Waals surface area contributed by atoms with Gasteiger partial charge in [-0.05, 0) is 37.1 Å². The third-order valence-corrected chi connectivity index (χ3v) is 4.89. The minimum absolute atomic E-state index is 0.281. The highest BCUT2D eigenvalue weighted by atomic mass is 16.2. The molecule has 0 unspecified atom stereocenters. The molecule has 3 rings (SSSR count). The molecule has 0 aliphatic heterocycles. The van der Waals surface area contributed by atoms with Gasteiger partial charge in [-0.15, -0.1) is 0 Å². The molecule has 1 saturated carbocycles. The van der Waals surface area contributed by atoms with E-state index in [1.54, 1.807) is 24.3 Å². The highest BCUT2D eigenvalue weighted by Crippen LogP contribution is 2.26. The summed E-state index contributed by atoms with van der Waals surface area (Å²) in [5.74, 6) is -2.53. The third kappa shape index (κ3) is 5.03. The second-order valence-electron chi connectivity index (χ2n) is 6.86. The molecule has 1 aliphatic rings. The highest BCUT2D eigenvalue weighted by Gasteiger charge is 2.37. The first-order valence-corrected chi connectivity index (χ1v) is 9.40. The Morgan fingerprint density at radius 1 is 0.667 bits per heavy atom. The molecule has 0 saturated heterocycles. The lowest BCUT2D eigenvalue weighted by Gasteiger charge is -2.24. The van der Waals surface area contributed by atoms with Crippen LogP contribution in [0.1, 0.15) is 32.1 Å². The molecule has 140 valence electrons. The highest BCUT2D eigenvalue weighted by molar-refractivity contribution is 6.15. The normalized spacial score (nSPS) is 20.2. The van der Waals surface area contributed by atoms with Crippen LogP contribution in [0.25, 0.3) is 0 Å². The molecular weight excluding hydrogens is 340 g/mol. The van der Waals surface area contributed by atoms with Crippen LogP contribution >= 0.6 is 0 Å². The SMILES string of the molecule is O=C(Nc1ccccc1)[C@H]1CCCCC[C@@H](C(=O)Nc2ccccc2)C1=O. The van der Waals surface area contributed by atoms with Gasteiger partial charge in [-0.1, -0.05) is 55.7 Å². The van der Waals surface area contributed by atoms with E-state index in [0.29, 0.717) is 24.2 Å². The van der Waals surface area contributed by atoms with Crippen LogP contribution in [0.4, 0.5) is 11.4 Å². The van der Waals surface area contributed by atoms with Gasteiger partial charge < -0.3 is 10.6 Å². The molecule has 0 radical (unpaired) electrons. The Balaban J connectivity index is 1.73. The maximum absolute atomic E-state index is 13.0. The van der Waals surface area contributed by atoms with Gasteiger partial charge in [-0.3, -0.25) is 14.4 Å². The van der Waals surface area contributed by atoms with E-state index in [1.807, 2.05) is 36.4 Å². The van der Waals surface area contributed by atoms with E-state index in [1.165, 1.54) is 0 Å². The summed E-state index contributed by atoms with van der Waals surface area (Å²) in [6, 6.07) is 18.2. The monoisotopic (exact) mass is 364 g/mol. The van der Waals surface area contributed by atoms with Crippen molar-refractivity contribution in [3.8, 4) is 0 Å². The second kappa shape index (κ2) is 9.12. The second-order valence-corrected chi connectivity index (χ2v) is 6.86. The molecule has 0 spiro atoms. The molecule has 2 aromatic rings. The van der Waals surface area contributed by atoms with Crippen LogP contribution in [0.2, 0.25) is 0 Å². The fraction of sp³-hybridized carbons (Fsp3) is 0.318.